The van der Waals surface area contributed by atoms with Gasteiger partial charge in [0.2, 0.25) is 0 Å². The van der Waals surface area contributed by atoms with E-state index in [0.717, 1.165) is 58.7 Å². The average Bonchev–Trinajstić information content (AvgIpc) is 2.89. The van der Waals surface area contributed by atoms with Gasteiger partial charge in [0.15, 0.2) is 0 Å². The molecule has 3 aromatic carbocycles. The lowest BCUT2D eigenvalue weighted by Gasteiger charge is -2.19. The molecule has 0 heterocycles. The number of allylic oxidation sites excluding steroid dienone is 1. The fourth-order valence-electron chi connectivity index (χ4n) is 3.65. The van der Waals surface area contributed by atoms with Crippen LogP contribution in [-0.4, -0.2) is 13.2 Å². The number of ether oxygens (including phenoxy) is 2. The molecule has 0 saturated carbocycles. The SMILES string of the molecule is C=C(C)C(Cc1ccc(OCCCC)cc1)c1ccc(C(F)(F)F)cc1.C=C(OCC)c1ccccc1. The van der Waals surface area contributed by atoms with Gasteiger partial charge in [0, 0.05) is 11.5 Å². The molecule has 3 rings (SSSR count). The van der Waals surface area contributed by atoms with Crippen molar-refractivity contribution >= 4 is 5.76 Å². The lowest BCUT2D eigenvalue weighted by Crippen LogP contribution is -2.07. The molecule has 5 heteroatoms. The van der Waals surface area contributed by atoms with Crippen molar-refractivity contribution < 1.29 is 22.6 Å². The topological polar surface area (TPSA) is 18.5 Å². The zero-order valence-corrected chi connectivity index (χ0v) is 22.0. The number of hydrogen-bond acceptors (Lipinski definition) is 2. The number of benzene rings is 3. The molecule has 1 atom stereocenters. The Morgan fingerprint density at radius 1 is 0.865 bits per heavy atom. The fourth-order valence-corrected chi connectivity index (χ4v) is 3.65. The molecule has 3 aromatic rings. The first-order valence-corrected chi connectivity index (χ1v) is 12.6. The van der Waals surface area contributed by atoms with Gasteiger partial charge in [0.1, 0.15) is 11.5 Å². The van der Waals surface area contributed by atoms with Crippen molar-refractivity contribution in [3.63, 3.8) is 0 Å². The Morgan fingerprint density at radius 3 is 2.00 bits per heavy atom. The van der Waals surface area contributed by atoms with Gasteiger partial charge in [0.05, 0.1) is 18.8 Å². The molecule has 0 amide bonds. The number of rotatable bonds is 11. The summed E-state index contributed by atoms with van der Waals surface area (Å²) in [5.74, 6) is 1.56. The highest BCUT2D eigenvalue weighted by Gasteiger charge is 2.30. The highest BCUT2D eigenvalue weighted by atomic mass is 19.4. The summed E-state index contributed by atoms with van der Waals surface area (Å²) in [6, 6.07) is 23.1. The Labute approximate surface area is 219 Å². The second kappa shape index (κ2) is 14.9. The first kappa shape index (κ1) is 29.8. The minimum Gasteiger partial charge on any atom is -0.494 e. The van der Waals surface area contributed by atoms with Crippen LogP contribution in [-0.2, 0) is 17.3 Å². The van der Waals surface area contributed by atoms with Gasteiger partial charge in [-0.05, 0) is 62.1 Å². The van der Waals surface area contributed by atoms with Gasteiger partial charge in [-0.25, -0.2) is 0 Å². The van der Waals surface area contributed by atoms with Crippen molar-refractivity contribution in [3.05, 3.63) is 120 Å². The Kier molecular flexibility index (Phi) is 12.0. The van der Waals surface area contributed by atoms with Crippen molar-refractivity contribution in [3.8, 4) is 5.75 Å². The van der Waals surface area contributed by atoms with Crippen LogP contribution in [0, 0.1) is 0 Å². The maximum absolute atomic E-state index is 12.7. The van der Waals surface area contributed by atoms with Crippen LogP contribution in [0.25, 0.3) is 5.76 Å². The van der Waals surface area contributed by atoms with Crippen molar-refractivity contribution in [2.24, 2.45) is 0 Å². The summed E-state index contributed by atoms with van der Waals surface area (Å²) >= 11 is 0. The van der Waals surface area contributed by atoms with E-state index >= 15 is 0 Å². The van der Waals surface area contributed by atoms with Gasteiger partial charge in [-0.15, -0.1) is 0 Å². The van der Waals surface area contributed by atoms with E-state index in [9.17, 15) is 13.2 Å². The Balaban J connectivity index is 0.000000364. The van der Waals surface area contributed by atoms with Crippen LogP contribution in [0.2, 0.25) is 0 Å². The van der Waals surface area contributed by atoms with E-state index in [1.807, 2.05) is 68.4 Å². The predicted molar refractivity (Wildman–Crippen MR) is 147 cm³/mol. The number of halogens is 3. The lowest BCUT2D eigenvalue weighted by atomic mass is 9.86. The van der Waals surface area contributed by atoms with E-state index in [2.05, 4.69) is 20.1 Å². The van der Waals surface area contributed by atoms with E-state index in [0.29, 0.717) is 19.6 Å². The minimum atomic E-state index is -4.31. The molecule has 0 fully saturated rings. The first-order valence-electron chi connectivity index (χ1n) is 12.6. The second-order valence-corrected chi connectivity index (χ2v) is 8.79. The fraction of sp³-hybridized carbons (Fsp3) is 0.312. The summed E-state index contributed by atoms with van der Waals surface area (Å²) in [7, 11) is 0. The van der Waals surface area contributed by atoms with Crippen LogP contribution in [0.3, 0.4) is 0 Å². The summed E-state index contributed by atoms with van der Waals surface area (Å²) in [6.07, 6.45) is -1.51. The maximum Gasteiger partial charge on any atom is 0.416 e. The third kappa shape index (κ3) is 10.2. The molecule has 0 saturated heterocycles. The zero-order chi connectivity index (χ0) is 27.3. The van der Waals surface area contributed by atoms with Crippen LogP contribution >= 0.6 is 0 Å². The molecule has 0 N–H and O–H groups in total. The summed E-state index contributed by atoms with van der Waals surface area (Å²) in [5, 5.41) is 0. The second-order valence-electron chi connectivity index (χ2n) is 8.79. The van der Waals surface area contributed by atoms with Gasteiger partial charge in [-0.1, -0.05) is 86.7 Å². The number of alkyl halides is 3. The van der Waals surface area contributed by atoms with Gasteiger partial charge < -0.3 is 9.47 Å². The number of hydrogen-bond donors (Lipinski definition) is 0. The standard InChI is InChI=1S/C22H25F3O.C10H12O/c1-4-5-14-26-20-12-6-17(7-13-20)15-21(16(2)3)18-8-10-19(11-9-18)22(23,24)25;1-3-11-9(2)10-7-5-4-6-8-10/h6-13,21H,2,4-5,14-15H2,1,3H3;4-8H,2-3H2,1H3. The van der Waals surface area contributed by atoms with Crippen LogP contribution in [0.1, 0.15) is 61.8 Å². The molecule has 0 bridgehead atoms. The Bertz CT molecular complexity index is 1090. The maximum atomic E-state index is 12.7. The molecule has 0 aliphatic heterocycles. The molecule has 0 aromatic heterocycles. The summed E-state index contributed by atoms with van der Waals surface area (Å²) in [6.45, 7) is 15.2. The zero-order valence-electron chi connectivity index (χ0n) is 22.0. The van der Waals surface area contributed by atoms with E-state index < -0.39 is 11.7 Å². The van der Waals surface area contributed by atoms with Gasteiger partial charge in [-0.2, -0.15) is 13.2 Å². The Hall–Kier alpha value is -3.47. The normalized spacial score (nSPS) is 11.6. The van der Waals surface area contributed by atoms with Gasteiger partial charge in [0.25, 0.3) is 0 Å². The third-order valence-corrected chi connectivity index (χ3v) is 5.78. The van der Waals surface area contributed by atoms with E-state index in [1.165, 1.54) is 0 Å². The van der Waals surface area contributed by atoms with Crippen LogP contribution in [0.15, 0.2) is 97.6 Å². The monoisotopic (exact) mass is 510 g/mol. The molecular formula is C32H37F3O2. The van der Waals surface area contributed by atoms with E-state index in [4.69, 9.17) is 9.47 Å². The average molecular weight is 511 g/mol. The summed E-state index contributed by atoms with van der Waals surface area (Å²) < 4.78 is 49.1. The van der Waals surface area contributed by atoms with E-state index in [1.54, 1.807) is 12.1 Å². The van der Waals surface area contributed by atoms with Crippen LogP contribution in [0.5, 0.6) is 5.75 Å². The molecule has 2 nitrogen and oxygen atoms in total. The summed E-state index contributed by atoms with van der Waals surface area (Å²) in [4.78, 5) is 0. The van der Waals surface area contributed by atoms with Crippen molar-refractivity contribution in [1.82, 2.24) is 0 Å². The molecule has 0 radical (unpaired) electrons. The molecule has 0 spiro atoms. The summed E-state index contributed by atoms with van der Waals surface area (Å²) in [5.41, 5.74) is 3.28. The largest absolute Gasteiger partial charge is 0.494 e. The van der Waals surface area contributed by atoms with Crippen molar-refractivity contribution in [2.45, 2.75) is 52.1 Å². The molecule has 1 unspecified atom stereocenters. The third-order valence-electron chi connectivity index (χ3n) is 5.78. The molecule has 37 heavy (non-hydrogen) atoms. The van der Waals surface area contributed by atoms with Gasteiger partial charge in [-0.3, -0.25) is 0 Å². The highest BCUT2D eigenvalue weighted by molar-refractivity contribution is 5.56. The Morgan fingerprint density at radius 2 is 1.49 bits per heavy atom. The highest BCUT2D eigenvalue weighted by Crippen LogP contribution is 2.33. The molecule has 0 aliphatic carbocycles. The molecular weight excluding hydrogens is 473 g/mol. The van der Waals surface area contributed by atoms with E-state index in [-0.39, 0.29) is 5.92 Å². The smallest absolute Gasteiger partial charge is 0.416 e. The van der Waals surface area contributed by atoms with Crippen molar-refractivity contribution in [2.75, 3.05) is 13.2 Å². The predicted octanol–water partition coefficient (Wildman–Crippen LogP) is 9.48. The molecule has 198 valence electrons. The lowest BCUT2D eigenvalue weighted by molar-refractivity contribution is -0.137. The quantitative estimate of drug-likeness (QED) is 0.145. The molecule has 0 aliphatic rings. The van der Waals surface area contributed by atoms with Gasteiger partial charge >= 0.3 is 6.18 Å². The number of unbranched alkanes of at least 4 members (excludes halogenated alkanes) is 1. The van der Waals surface area contributed by atoms with Crippen LogP contribution < -0.4 is 4.74 Å². The van der Waals surface area contributed by atoms with Crippen molar-refractivity contribution in [1.29, 1.82) is 0 Å². The van der Waals surface area contributed by atoms with Crippen LogP contribution in [0.4, 0.5) is 13.2 Å². The first-order chi connectivity index (χ1) is 17.7. The minimum absolute atomic E-state index is 0.0239.